The van der Waals surface area contributed by atoms with Gasteiger partial charge in [-0.1, -0.05) is 0 Å². The molecule has 0 aliphatic heterocycles. The standard InChI is InChI=1S/C17H10AsCl2N5S/c18-16-15(13(21-22-16)9-4-2-1-3-5-9)25-14(17(26)23-24-25)11-7-6-10(19)8-12(11)20/h1-8,26H,(H,21,22). The molecular weight excluding hydrogens is 452 g/mol. The molecule has 0 saturated carbocycles. The van der Waals surface area contributed by atoms with E-state index in [-0.39, 0.29) is 0 Å². The molecule has 4 rings (SSSR count). The van der Waals surface area contributed by atoms with Crippen molar-refractivity contribution in [2.24, 2.45) is 0 Å². The summed E-state index contributed by atoms with van der Waals surface area (Å²) in [6.07, 6.45) is 0. The zero-order valence-electron chi connectivity index (χ0n) is 13.1. The summed E-state index contributed by atoms with van der Waals surface area (Å²) in [7, 11) is 0. The molecule has 26 heavy (non-hydrogen) atoms. The summed E-state index contributed by atoms with van der Waals surface area (Å²) < 4.78 is 2.48. The van der Waals surface area contributed by atoms with Gasteiger partial charge in [0.2, 0.25) is 0 Å². The number of benzene rings is 2. The summed E-state index contributed by atoms with van der Waals surface area (Å²) >= 11 is 19.4. The number of aromatic nitrogens is 5. The van der Waals surface area contributed by atoms with E-state index in [1.54, 1.807) is 16.8 Å². The van der Waals surface area contributed by atoms with E-state index >= 15 is 0 Å². The summed E-state index contributed by atoms with van der Waals surface area (Å²) in [6, 6.07) is 15.1. The minimum absolute atomic E-state index is 0.460. The van der Waals surface area contributed by atoms with Gasteiger partial charge in [0.15, 0.2) is 0 Å². The number of hydrogen-bond acceptors (Lipinski definition) is 4. The predicted molar refractivity (Wildman–Crippen MR) is 107 cm³/mol. The molecule has 2 aromatic carbocycles. The van der Waals surface area contributed by atoms with Crippen molar-refractivity contribution >= 4 is 57.2 Å². The van der Waals surface area contributed by atoms with Crippen molar-refractivity contribution in [1.82, 2.24) is 25.2 Å². The van der Waals surface area contributed by atoms with E-state index in [0.29, 0.717) is 20.8 Å². The molecule has 0 atom stereocenters. The summed E-state index contributed by atoms with van der Waals surface area (Å²) in [4.78, 5) is 0. The molecule has 0 aliphatic rings. The molecule has 0 saturated heterocycles. The van der Waals surface area contributed by atoms with Gasteiger partial charge in [0.25, 0.3) is 0 Å². The minimum atomic E-state index is 0.460. The molecule has 9 heteroatoms. The average Bonchev–Trinajstić information content (AvgIpc) is 3.18. The third-order valence-electron chi connectivity index (χ3n) is 3.82. The molecule has 0 aliphatic carbocycles. The number of H-pyrrole nitrogens is 1. The Hall–Kier alpha value is -1.72. The first kappa shape index (κ1) is 17.7. The molecule has 0 bridgehead atoms. The van der Waals surface area contributed by atoms with Crippen molar-refractivity contribution in [3.63, 3.8) is 0 Å². The fourth-order valence-electron chi connectivity index (χ4n) is 2.67. The van der Waals surface area contributed by atoms with Gasteiger partial charge in [-0.05, 0) is 0 Å². The first-order valence-electron chi connectivity index (χ1n) is 7.49. The van der Waals surface area contributed by atoms with E-state index in [1.807, 2.05) is 36.4 Å². The van der Waals surface area contributed by atoms with Crippen LogP contribution in [0, 0.1) is 0 Å². The monoisotopic (exact) mass is 461 g/mol. The van der Waals surface area contributed by atoms with Crippen LogP contribution in [0.15, 0.2) is 53.6 Å². The van der Waals surface area contributed by atoms with Gasteiger partial charge in [0, 0.05) is 0 Å². The molecule has 0 spiro atoms. The maximum atomic E-state index is 6.41. The molecule has 0 unspecified atom stereocenters. The summed E-state index contributed by atoms with van der Waals surface area (Å²) in [6.45, 7) is 0. The number of aromatic amines is 1. The number of hydrogen-bond donors (Lipinski definition) is 2. The van der Waals surface area contributed by atoms with Crippen molar-refractivity contribution in [2.75, 3.05) is 0 Å². The SMILES string of the molecule is Sc1nnn(-c2c(-c3ccccc3)n[nH]c2[As])c1-c1ccc(Cl)cc1Cl. The molecule has 4 aromatic rings. The third kappa shape index (κ3) is 3.07. The van der Waals surface area contributed by atoms with E-state index in [0.717, 1.165) is 27.0 Å². The topological polar surface area (TPSA) is 59.4 Å². The quantitative estimate of drug-likeness (QED) is 0.361. The number of nitrogens with zero attached hydrogens (tertiary/aromatic N) is 4. The van der Waals surface area contributed by atoms with Crippen LogP contribution in [0.4, 0.5) is 0 Å². The molecule has 0 amide bonds. The molecule has 2 radical (unpaired) electrons. The number of nitrogens with one attached hydrogen (secondary N) is 1. The predicted octanol–water partition coefficient (Wildman–Crippen LogP) is 3.71. The van der Waals surface area contributed by atoms with Gasteiger partial charge >= 0.3 is 174 Å². The Bertz CT molecular complexity index is 1090. The van der Waals surface area contributed by atoms with Crippen LogP contribution in [0.5, 0.6) is 0 Å². The molecular formula is C17H10AsCl2N5S. The van der Waals surface area contributed by atoms with Gasteiger partial charge in [0.1, 0.15) is 0 Å². The van der Waals surface area contributed by atoms with Gasteiger partial charge < -0.3 is 0 Å². The van der Waals surface area contributed by atoms with Crippen LogP contribution < -0.4 is 4.48 Å². The van der Waals surface area contributed by atoms with Gasteiger partial charge in [-0.2, -0.15) is 0 Å². The number of rotatable bonds is 3. The van der Waals surface area contributed by atoms with Crippen molar-refractivity contribution in [3.05, 3.63) is 58.6 Å². The van der Waals surface area contributed by atoms with Gasteiger partial charge in [-0.15, -0.1) is 0 Å². The molecule has 2 heterocycles. The van der Waals surface area contributed by atoms with E-state index in [4.69, 9.17) is 23.2 Å². The fraction of sp³-hybridized carbons (Fsp3) is 0. The van der Waals surface area contributed by atoms with Crippen LogP contribution in [-0.4, -0.2) is 42.0 Å². The molecule has 0 fully saturated rings. The maximum absolute atomic E-state index is 6.41. The Balaban J connectivity index is 1.96. The van der Waals surface area contributed by atoms with Crippen LogP contribution in [0.3, 0.4) is 0 Å². The Labute approximate surface area is 173 Å². The summed E-state index contributed by atoms with van der Waals surface area (Å²) in [5.74, 6) is 0. The van der Waals surface area contributed by atoms with Crippen molar-refractivity contribution < 1.29 is 0 Å². The van der Waals surface area contributed by atoms with Crippen LogP contribution in [-0.2, 0) is 0 Å². The first-order valence-corrected chi connectivity index (χ1v) is 9.63. The van der Waals surface area contributed by atoms with E-state index in [9.17, 15) is 0 Å². The molecule has 5 nitrogen and oxygen atoms in total. The zero-order chi connectivity index (χ0) is 18.3. The Kier molecular flexibility index (Phi) is 4.84. The van der Waals surface area contributed by atoms with Gasteiger partial charge in [-0.25, -0.2) is 0 Å². The second kappa shape index (κ2) is 7.12. The van der Waals surface area contributed by atoms with Crippen LogP contribution >= 0.6 is 35.8 Å². The van der Waals surface area contributed by atoms with Crippen LogP contribution in [0.2, 0.25) is 10.0 Å². The fourth-order valence-corrected chi connectivity index (χ4v) is 3.95. The second-order valence-electron chi connectivity index (χ2n) is 5.43. The van der Waals surface area contributed by atoms with Crippen molar-refractivity contribution in [3.8, 4) is 28.2 Å². The number of halogens is 2. The molecule has 1 N–H and O–H groups in total. The molecule has 128 valence electrons. The Morgan fingerprint density at radius 1 is 1.08 bits per heavy atom. The second-order valence-corrected chi connectivity index (χ2v) is 7.64. The Morgan fingerprint density at radius 3 is 2.58 bits per heavy atom. The molecule has 2 aromatic heterocycles. The normalized spacial score (nSPS) is 11.1. The average molecular weight is 462 g/mol. The van der Waals surface area contributed by atoms with Gasteiger partial charge in [0.05, 0.1) is 0 Å². The van der Waals surface area contributed by atoms with Crippen LogP contribution in [0.25, 0.3) is 28.2 Å². The zero-order valence-corrected chi connectivity index (χ0v) is 17.3. The van der Waals surface area contributed by atoms with Crippen LogP contribution in [0.1, 0.15) is 0 Å². The Morgan fingerprint density at radius 2 is 1.85 bits per heavy atom. The van der Waals surface area contributed by atoms with E-state index in [1.165, 1.54) is 0 Å². The number of thiol groups is 1. The van der Waals surface area contributed by atoms with E-state index in [2.05, 4.69) is 50.0 Å². The first-order chi connectivity index (χ1) is 12.6. The van der Waals surface area contributed by atoms with Gasteiger partial charge in [-0.3, -0.25) is 0 Å². The third-order valence-corrected chi connectivity index (χ3v) is 5.32. The summed E-state index contributed by atoms with van der Waals surface area (Å²) in [5.41, 5.74) is 3.88. The van der Waals surface area contributed by atoms with E-state index < -0.39 is 0 Å². The van der Waals surface area contributed by atoms with Crippen molar-refractivity contribution in [1.29, 1.82) is 0 Å². The summed E-state index contributed by atoms with van der Waals surface area (Å²) in [5, 5.41) is 17.3. The van der Waals surface area contributed by atoms with Crippen molar-refractivity contribution in [2.45, 2.75) is 5.03 Å².